The highest BCUT2D eigenvalue weighted by atomic mass is 16.3. The molecular formula is C11H14N4O2. The molecule has 0 spiro atoms. The second-order valence-electron chi connectivity index (χ2n) is 3.95. The van der Waals surface area contributed by atoms with Crippen molar-refractivity contribution < 1.29 is 9.90 Å². The van der Waals surface area contributed by atoms with Crippen molar-refractivity contribution in [3.05, 3.63) is 29.7 Å². The van der Waals surface area contributed by atoms with Crippen molar-refractivity contribution in [3.63, 3.8) is 0 Å². The highest BCUT2D eigenvalue weighted by molar-refractivity contribution is 5.94. The smallest absolute Gasteiger partial charge is 0.252 e. The fraction of sp³-hybridized carbons (Fsp3) is 0.364. The minimum absolute atomic E-state index is 0.221. The van der Waals surface area contributed by atoms with Gasteiger partial charge in [0.1, 0.15) is 5.82 Å². The van der Waals surface area contributed by atoms with E-state index in [9.17, 15) is 4.79 Å². The van der Waals surface area contributed by atoms with Crippen LogP contribution in [-0.4, -0.2) is 38.3 Å². The quantitative estimate of drug-likeness (QED) is 0.792. The molecule has 1 atom stereocenters. The summed E-state index contributed by atoms with van der Waals surface area (Å²) in [6.07, 6.45) is 1.13. The van der Waals surface area contributed by atoms with E-state index in [1.165, 1.54) is 0 Å². The molecule has 2 aromatic rings. The molecule has 6 heteroatoms. The lowest BCUT2D eigenvalue weighted by Gasteiger charge is -2.07. The Hall–Kier alpha value is -1.95. The molecule has 0 aliphatic carbocycles. The predicted octanol–water partition coefficient (Wildman–Crippen LogP) is 0.148. The molecule has 2 rings (SSSR count). The molecule has 0 fully saturated rings. The Morgan fingerprint density at radius 1 is 1.53 bits per heavy atom. The standard InChI is InChI=1S/C11H14N4O2/c1-7(16)5-12-11(17)9-3-4-10-14-13-8(2)15(10)6-9/h3-4,6-7,16H,5H2,1-2H3,(H,12,17)/t7-/m0/s1. The van der Waals surface area contributed by atoms with E-state index in [-0.39, 0.29) is 12.5 Å². The van der Waals surface area contributed by atoms with Gasteiger partial charge in [-0.2, -0.15) is 0 Å². The normalized spacial score (nSPS) is 12.6. The lowest BCUT2D eigenvalue weighted by molar-refractivity contribution is 0.0923. The van der Waals surface area contributed by atoms with Crippen LogP contribution >= 0.6 is 0 Å². The maximum Gasteiger partial charge on any atom is 0.252 e. The number of carbonyl (C=O) groups excluding carboxylic acids is 1. The average molecular weight is 234 g/mol. The summed E-state index contributed by atoms with van der Waals surface area (Å²) in [7, 11) is 0. The summed E-state index contributed by atoms with van der Waals surface area (Å²) in [6, 6.07) is 3.41. The molecule has 2 N–H and O–H groups in total. The number of aromatic nitrogens is 3. The summed E-state index contributed by atoms with van der Waals surface area (Å²) in [4.78, 5) is 11.7. The molecule has 0 aliphatic heterocycles. The Labute approximate surface area is 98.3 Å². The van der Waals surface area contributed by atoms with Gasteiger partial charge in [0.15, 0.2) is 5.65 Å². The first-order valence-corrected chi connectivity index (χ1v) is 5.35. The van der Waals surface area contributed by atoms with Crippen molar-refractivity contribution in [1.82, 2.24) is 19.9 Å². The number of hydrogen-bond acceptors (Lipinski definition) is 4. The number of amides is 1. The fourth-order valence-electron chi connectivity index (χ4n) is 1.48. The van der Waals surface area contributed by atoms with Crippen LogP contribution in [0.15, 0.2) is 18.3 Å². The van der Waals surface area contributed by atoms with Crippen LogP contribution in [-0.2, 0) is 0 Å². The first kappa shape index (κ1) is 11.5. The second kappa shape index (κ2) is 4.50. The van der Waals surface area contributed by atoms with Crippen LogP contribution in [0.25, 0.3) is 5.65 Å². The molecule has 0 radical (unpaired) electrons. The summed E-state index contributed by atoms with van der Waals surface area (Å²) < 4.78 is 1.75. The number of hydrogen-bond donors (Lipinski definition) is 2. The van der Waals surface area contributed by atoms with Gasteiger partial charge in [0.2, 0.25) is 0 Å². The number of carbonyl (C=O) groups is 1. The first-order valence-electron chi connectivity index (χ1n) is 5.35. The Kier molecular flexibility index (Phi) is 3.06. The monoisotopic (exact) mass is 234 g/mol. The number of aryl methyl sites for hydroxylation is 1. The van der Waals surface area contributed by atoms with Crippen molar-refractivity contribution in [3.8, 4) is 0 Å². The van der Waals surface area contributed by atoms with E-state index in [0.29, 0.717) is 11.2 Å². The minimum Gasteiger partial charge on any atom is -0.392 e. The molecule has 2 heterocycles. The topological polar surface area (TPSA) is 79.5 Å². The molecule has 6 nitrogen and oxygen atoms in total. The van der Waals surface area contributed by atoms with Crippen molar-refractivity contribution in [1.29, 1.82) is 0 Å². The van der Waals surface area contributed by atoms with Gasteiger partial charge in [0, 0.05) is 12.7 Å². The molecule has 0 saturated carbocycles. The number of aliphatic hydroxyl groups excluding tert-OH is 1. The lowest BCUT2D eigenvalue weighted by atomic mass is 10.2. The number of nitrogens with one attached hydrogen (secondary N) is 1. The summed E-state index contributed by atoms with van der Waals surface area (Å²) in [5, 5.41) is 19.6. The summed E-state index contributed by atoms with van der Waals surface area (Å²) in [6.45, 7) is 3.67. The Morgan fingerprint density at radius 2 is 2.29 bits per heavy atom. The molecular weight excluding hydrogens is 220 g/mol. The third kappa shape index (κ3) is 2.42. The Morgan fingerprint density at radius 3 is 3.00 bits per heavy atom. The van der Waals surface area contributed by atoms with E-state index in [2.05, 4.69) is 15.5 Å². The van der Waals surface area contributed by atoms with Gasteiger partial charge < -0.3 is 10.4 Å². The molecule has 0 saturated heterocycles. The lowest BCUT2D eigenvalue weighted by Crippen LogP contribution is -2.30. The van der Waals surface area contributed by atoms with Crippen molar-refractivity contribution in [2.24, 2.45) is 0 Å². The highest BCUT2D eigenvalue weighted by Gasteiger charge is 2.08. The van der Waals surface area contributed by atoms with Gasteiger partial charge in [0.25, 0.3) is 5.91 Å². The van der Waals surface area contributed by atoms with Gasteiger partial charge in [-0.05, 0) is 26.0 Å². The third-order valence-electron chi connectivity index (χ3n) is 2.39. The molecule has 0 aromatic carbocycles. The van der Waals surface area contributed by atoms with E-state index in [1.54, 1.807) is 29.7 Å². The van der Waals surface area contributed by atoms with E-state index < -0.39 is 6.10 Å². The number of nitrogens with zero attached hydrogens (tertiary/aromatic N) is 3. The van der Waals surface area contributed by atoms with Gasteiger partial charge in [-0.1, -0.05) is 0 Å². The number of fused-ring (bicyclic) bond motifs is 1. The Balaban J connectivity index is 2.23. The highest BCUT2D eigenvalue weighted by Crippen LogP contribution is 2.06. The fourth-order valence-corrected chi connectivity index (χ4v) is 1.48. The summed E-state index contributed by atoms with van der Waals surface area (Å²) >= 11 is 0. The zero-order valence-corrected chi connectivity index (χ0v) is 9.71. The van der Waals surface area contributed by atoms with Gasteiger partial charge in [-0.15, -0.1) is 10.2 Å². The average Bonchev–Trinajstić information content (AvgIpc) is 2.67. The summed E-state index contributed by atoms with van der Waals surface area (Å²) in [5.41, 5.74) is 1.22. The predicted molar refractivity (Wildman–Crippen MR) is 61.7 cm³/mol. The van der Waals surface area contributed by atoms with E-state index >= 15 is 0 Å². The van der Waals surface area contributed by atoms with Crippen LogP contribution in [0.5, 0.6) is 0 Å². The van der Waals surface area contributed by atoms with Crippen LogP contribution in [0.3, 0.4) is 0 Å². The van der Waals surface area contributed by atoms with E-state index in [1.807, 2.05) is 6.92 Å². The number of pyridine rings is 1. The SMILES string of the molecule is Cc1nnc2ccc(C(=O)NC[C@H](C)O)cn12. The van der Waals surface area contributed by atoms with Crippen LogP contribution in [0, 0.1) is 6.92 Å². The second-order valence-corrected chi connectivity index (χ2v) is 3.95. The van der Waals surface area contributed by atoms with Gasteiger partial charge in [0.05, 0.1) is 11.7 Å². The molecule has 1 amide bonds. The van der Waals surface area contributed by atoms with Crippen molar-refractivity contribution >= 4 is 11.6 Å². The van der Waals surface area contributed by atoms with Gasteiger partial charge in [-0.3, -0.25) is 9.20 Å². The van der Waals surface area contributed by atoms with Crippen LogP contribution < -0.4 is 5.32 Å². The van der Waals surface area contributed by atoms with Crippen molar-refractivity contribution in [2.75, 3.05) is 6.54 Å². The molecule has 0 unspecified atom stereocenters. The molecule has 2 aromatic heterocycles. The maximum atomic E-state index is 11.7. The molecule has 0 bridgehead atoms. The van der Waals surface area contributed by atoms with Crippen LogP contribution in [0.2, 0.25) is 0 Å². The first-order chi connectivity index (χ1) is 8.08. The summed E-state index contributed by atoms with van der Waals surface area (Å²) in [5.74, 6) is 0.506. The zero-order chi connectivity index (χ0) is 12.4. The van der Waals surface area contributed by atoms with Crippen LogP contribution in [0.4, 0.5) is 0 Å². The van der Waals surface area contributed by atoms with Crippen LogP contribution in [0.1, 0.15) is 23.1 Å². The molecule has 90 valence electrons. The number of rotatable bonds is 3. The largest absolute Gasteiger partial charge is 0.392 e. The number of aliphatic hydroxyl groups is 1. The van der Waals surface area contributed by atoms with Gasteiger partial charge >= 0.3 is 0 Å². The van der Waals surface area contributed by atoms with E-state index in [4.69, 9.17) is 5.11 Å². The van der Waals surface area contributed by atoms with E-state index in [0.717, 1.165) is 5.82 Å². The molecule has 0 aliphatic rings. The molecule has 17 heavy (non-hydrogen) atoms. The van der Waals surface area contributed by atoms with Gasteiger partial charge in [-0.25, -0.2) is 0 Å². The minimum atomic E-state index is -0.556. The Bertz CT molecular complexity index is 547. The maximum absolute atomic E-state index is 11.7. The third-order valence-corrected chi connectivity index (χ3v) is 2.39. The van der Waals surface area contributed by atoms with Crippen molar-refractivity contribution in [2.45, 2.75) is 20.0 Å². The zero-order valence-electron chi connectivity index (χ0n) is 9.71.